The van der Waals surface area contributed by atoms with Crippen LogP contribution in [0.1, 0.15) is 58.3 Å². The third-order valence-electron chi connectivity index (χ3n) is 6.20. The zero-order valence-electron chi connectivity index (χ0n) is 21.8. The molecule has 7 nitrogen and oxygen atoms in total. The number of nitrogens with zero attached hydrogens (tertiary/aromatic N) is 4. The van der Waals surface area contributed by atoms with E-state index in [2.05, 4.69) is 20.0 Å². The van der Waals surface area contributed by atoms with E-state index in [0.29, 0.717) is 0 Å². The molecule has 192 valence electrons. The molecule has 1 saturated carbocycles. The fraction of sp³-hybridized carbons (Fsp3) is 0.600. The molecule has 4 rings (SSSR count). The number of alkyl halides is 1. The molecular weight excluding hydrogens is 485 g/mol. The number of halogens is 1. The van der Waals surface area contributed by atoms with Crippen LogP contribution in [-0.4, -0.2) is 55.9 Å². The van der Waals surface area contributed by atoms with Gasteiger partial charge in [-0.1, -0.05) is 11.8 Å². The lowest BCUT2D eigenvalue weighted by molar-refractivity contribution is -0.155. The van der Waals surface area contributed by atoms with Crippen LogP contribution in [0.2, 0.25) is 0 Å². The number of hydrogen-bond donors (Lipinski definition) is 2. The lowest BCUT2D eigenvalue weighted by Gasteiger charge is -2.23. The second kappa shape index (κ2) is 11.0. The summed E-state index contributed by atoms with van der Waals surface area (Å²) in [6, 6.07) is 2.20. The van der Waals surface area contributed by atoms with E-state index < -0.39 is 11.5 Å². The van der Waals surface area contributed by atoms with E-state index in [1.165, 1.54) is 18.9 Å². The summed E-state index contributed by atoms with van der Waals surface area (Å²) in [7, 11) is 1.46. The highest BCUT2D eigenvalue weighted by Gasteiger charge is 2.36. The summed E-state index contributed by atoms with van der Waals surface area (Å²) in [5.41, 5.74) is 2.53. The minimum Gasteiger partial charge on any atom is -0.367 e. The maximum absolute atomic E-state index is 14.4. The van der Waals surface area contributed by atoms with E-state index in [1.54, 1.807) is 39.0 Å². The Morgan fingerprint density at radius 1 is 1.14 bits per heavy atom. The minimum absolute atomic E-state index is 0.0718. The van der Waals surface area contributed by atoms with Crippen LogP contribution < -0.4 is 5.32 Å². The third kappa shape index (κ3) is 7.09. The Labute approximate surface area is 215 Å². The molecule has 1 unspecified atom stereocenters. The minimum atomic E-state index is -1.15. The van der Waals surface area contributed by atoms with Crippen molar-refractivity contribution in [3.63, 3.8) is 0 Å². The maximum Gasteiger partial charge on any atom is 0.189 e. The molecule has 0 spiro atoms. The number of aryl methyl sites for hydroxylation is 2. The van der Waals surface area contributed by atoms with E-state index in [-0.39, 0.29) is 12.0 Å². The largest absolute Gasteiger partial charge is 0.367 e. The van der Waals surface area contributed by atoms with Crippen molar-refractivity contribution in [2.45, 2.75) is 83.5 Å². The predicted molar refractivity (Wildman–Crippen MR) is 143 cm³/mol. The summed E-state index contributed by atoms with van der Waals surface area (Å²) < 4.78 is 20.0. The van der Waals surface area contributed by atoms with Crippen molar-refractivity contribution in [2.24, 2.45) is 5.92 Å². The Bertz CT molecular complexity index is 1160. The number of hydrogen-bond acceptors (Lipinski definition) is 9. The highest BCUT2D eigenvalue weighted by Crippen LogP contribution is 2.40. The topological polar surface area (TPSA) is 93.0 Å². The SMILES string of the molecule is COC(C)(C)O.CSc1nc(C)c(-c2nc3c(C)nccc3s2)c(N[C@H]2CCC(C(C)(C)F)C2)n1. The molecule has 3 aromatic rings. The van der Waals surface area contributed by atoms with Crippen molar-refractivity contribution in [3.05, 3.63) is 23.7 Å². The number of nitrogens with one attached hydrogen (secondary N) is 1. The van der Waals surface area contributed by atoms with E-state index in [4.69, 9.17) is 15.1 Å². The molecule has 3 aromatic heterocycles. The first-order valence-electron chi connectivity index (χ1n) is 11.7. The normalized spacial score (nSPS) is 18.5. The first kappa shape index (κ1) is 27.7. The molecule has 3 heterocycles. The number of fused-ring (bicyclic) bond motifs is 1. The molecule has 0 aromatic carbocycles. The van der Waals surface area contributed by atoms with Crippen molar-refractivity contribution in [1.29, 1.82) is 0 Å². The van der Waals surface area contributed by atoms with E-state index >= 15 is 0 Å². The monoisotopic (exact) mass is 521 g/mol. The van der Waals surface area contributed by atoms with E-state index in [0.717, 1.165) is 62.4 Å². The molecule has 1 aliphatic rings. The summed E-state index contributed by atoms with van der Waals surface area (Å²) >= 11 is 3.15. The quantitative estimate of drug-likeness (QED) is 0.226. The van der Waals surface area contributed by atoms with Crippen molar-refractivity contribution in [2.75, 3.05) is 18.7 Å². The van der Waals surface area contributed by atoms with Crippen LogP contribution in [0.25, 0.3) is 20.8 Å². The fourth-order valence-corrected chi connectivity index (χ4v) is 5.54. The summed E-state index contributed by atoms with van der Waals surface area (Å²) in [6.07, 6.45) is 6.43. The van der Waals surface area contributed by atoms with Crippen molar-refractivity contribution < 1.29 is 14.2 Å². The van der Waals surface area contributed by atoms with Crippen LogP contribution in [-0.2, 0) is 4.74 Å². The van der Waals surface area contributed by atoms with Crippen molar-refractivity contribution >= 4 is 39.1 Å². The molecule has 2 atom stereocenters. The van der Waals surface area contributed by atoms with Crippen molar-refractivity contribution in [1.82, 2.24) is 19.9 Å². The third-order valence-corrected chi connectivity index (χ3v) is 7.79. The lowest BCUT2D eigenvalue weighted by atomic mass is 9.91. The number of aromatic nitrogens is 4. The second-order valence-corrected chi connectivity index (χ2v) is 11.7. The van der Waals surface area contributed by atoms with Crippen molar-refractivity contribution in [3.8, 4) is 10.6 Å². The predicted octanol–water partition coefficient (Wildman–Crippen LogP) is 6.18. The van der Waals surface area contributed by atoms with Gasteiger partial charge in [-0.2, -0.15) is 0 Å². The summed E-state index contributed by atoms with van der Waals surface area (Å²) in [5, 5.41) is 13.8. The smallest absolute Gasteiger partial charge is 0.189 e. The zero-order valence-corrected chi connectivity index (χ0v) is 23.4. The number of thioether (sulfide) groups is 1. The molecule has 2 N–H and O–H groups in total. The molecule has 0 amide bonds. The Morgan fingerprint density at radius 3 is 2.37 bits per heavy atom. The van der Waals surface area contributed by atoms with Crippen LogP contribution in [0.4, 0.5) is 10.2 Å². The molecule has 0 saturated heterocycles. The number of methoxy groups -OCH3 is 1. The first-order chi connectivity index (χ1) is 16.3. The number of thiazole rings is 1. The average molecular weight is 522 g/mol. The highest BCUT2D eigenvalue weighted by atomic mass is 32.2. The van der Waals surface area contributed by atoms with Crippen LogP contribution in [0, 0.1) is 19.8 Å². The number of pyridine rings is 1. The summed E-state index contributed by atoms with van der Waals surface area (Å²) in [4.78, 5) is 18.6. The van der Waals surface area contributed by atoms with Gasteiger partial charge >= 0.3 is 0 Å². The summed E-state index contributed by atoms with van der Waals surface area (Å²) in [6.45, 7) is 10.5. The highest BCUT2D eigenvalue weighted by molar-refractivity contribution is 7.98. The first-order valence-corrected chi connectivity index (χ1v) is 13.7. The van der Waals surface area contributed by atoms with Gasteiger partial charge in [0.1, 0.15) is 22.0 Å². The van der Waals surface area contributed by atoms with Crippen LogP contribution in [0.5, 0.6) is 0 Å². The Morgan fingerprint density at radius 2 is 1.83 bits per heavy atom. The van der Waals surface area contributed by atoms with Gasteiger partial charge in [0.05, 0.1) is 21.7 Å². The van der Waals surface area contributed by atoms with Crippen LogP contribution >= 0.6 is 23.1 Å². The van der Waals surface area contributed by atoms with Gasteiger partial charge in [-0.25, -0.2) is 19.3 Å². The standard InChI is InChI=1S/C21H26FN5S2.C4H10O2/c1-11-16(19-26-17-12(2)23-9-8-15(17)29-19)18(27-20(24-11)28-5)25-14-7-6-13(10-14)21(3,4)22;1-4(2,5)6-3/h8-9,13-14H,6-7,10H2,1-5H3,(H,24,25,27);5H,1-3H3/t13?,14-;/m0./s1. The van der Waals surface area contributed by atoms with Crippen LogP contribution in [0.3, 0.4) is 0 Å². The zero-order chi connectivity index (χ0) is 26.0. The Balaban J connectivity index is 0.000000509. The Hall–Kier alpha value is -1.88. The lowest BCUT2D eigenvalue weighted by Crippen LogP contribution is -2.25. The molecular formula is C25H36FN5O2S2. The summed E-state index contributed by atoms with van der Waals surface area (Å²) in [5.74, 6) is -0.0867. The molecule has 10 heteroatoms. The number of anilines is 1. The van der Waals surface area contributed by atoms with E-state index in [1.807, 2.05) is 32.4 Å². The molecule has 0 radical (unpaired) electrons. The Kier molecular flexibility index (Phi) is 8.73. The van der Waals surface area contributed by atoms with E-state index in [9.17, 15) is 4.39 Å². The second-order valence-electron chi connectivity index (χ2n) is 9.85. The molecule has 1 fully saturated rings. The van der Waals surface area contributed by atoms with Gasteiger partial charge < -0.3 is 15.2 Å². The van der Waals surface area contributed by atoms with Crippen LogP contribution in [0.15, 0.2) is 17.4 Å². The van der Waals surface area contributed by atoms with Gasteiger partial charge in [0, 0.05) is 19.3 Å². The molecule has 0 bridgehead atoms. The van der Waals surface area contributed by atoms with Gasteiger partial charge in [0.2, 0.25) is 0 Å². The maximum atomic E-state index is 14.4. The number of rotatable bonds is 6. The molecule has 0 aliphatic heterocycles. The van der Waals surface area contributed by atoms with Gasteiger partial charge in [-0.05, 0) is 79.0 Å². The van der Waals surface area contributed by atoms with Gasteiger partial charge in [0.15, 0.2) is 10.9 Å². The van der Waals surface area contributed by atoms with Gasteiger partial charge in [-0.15, -0.1) is 11.3 Å². The average Bonchev–Trinajstić information content (AvgIpc) is 3.41. The number of aliphatic hydroxyl groups is 1. The molecule has 1 aliphatic carbocycles. The van der Waals surface area contributed by atoms with Gasteiger partial charge in [-0.3, -0.25) is 4.98 Å². The fourth-order valence-electron chi connectivity index (χ4n) is 4.02. The van der Waals surface area contributed by atoms with Gasteiger partial charge in [0.25, 0.3) is 0 Å². The molecule has 35 heavy (non-hydrogen) atoms. The number of ether oxygens (including phenoxy) is 1.